The van der Waals surface area contributed by atoms with Crippen LogP contribution in [0.25, 0.3) is 0 Å². The van der Waals surface area contributed by atoms with Crippen LogP contribution in [0.2, 0.25) is 0 Å². The minimum Gasteiger partial charge on any atom is -0.478 e. The van der Waals surface area contributed by atoms with E-state index in [9.17, 15) is 13.6 Å². The molecule has 2 rings (SSSR count). The van der Waals surface area contributed by atoms with Crippen LogP contribution in [0, 0.1) is 17.6 Å². The summed E-state index contributed by atoms with van der Waals surface area (Å²) in [6.07, 6.45) is 1.02. The summed E-state index contributed by atoms with van der Waals surface area (Å²) in [5, 5.41) is 11.6. The SMILES string of the molecule is CC(C)N1CCC(CNc2ccc(C(=O)O)c(F)c2F)C1. The van der Waals surface area contributed by atoms with E-state index in [1.165, 1.54) is 6.07 Å². The molecule has 1 aliphatic rings. The lowest BCUT2D eigenvalue weighted by Crippen LogP contribution is -2.29. The lowest BCUT2D eigenvalue weighted by Gasteiger charge is -2.20. The number of likely N-dealkylation sites (tertiary alicyclic amines) is 1. The van der Waals surface area contributed by atoms with Gasteiger partial charge in [0.05, 0.1) is 11.3 Å². The number of carbonyl (C=O) groups is 1. The van der Waals surface area contributed by atoms with Crippen molar-refractivity contribution in [3.8, 4) is 0 Å². The number of carboxylic acids is 1. The van der Waals surface area contributed by atoms with Gasteiger partial charge in [0.15, 0.2) is 11.6 Å². The summed E-state index contributed by atoms with van der Waals surface area (Å²) in [5.41, 5.74) is -0.634. The molecule has 0 aromatic heterocycles. The summed E-state index contributed by atoms with van der Waals surface area (Å²) >= 11 is 0. The van der Waals surface area contributed by atoms with E-state index in [2.05, 4.69) is 24.1 Å². The zero-order chi connectivity index (χ0) is 15.6. The number of rotatable bonds is 5. The van der Waals surface area contributed by atoms with Crippen LogP contribution >= 0.6 is 0 Å². The monoisotopic (exact) mass is 298 g/mol. The molecule has 1 heterocycles. The van der Waals surface area contributed by atoms with E-state index in [1.807, 2.05) is 0 Å². The normalized spacial score (nSPS) is 19.2. The second-order valence-electron chi connectivity index (χ2n) is 5.72. The highest BCUT2D eigenvalue weighted by atomic mass is 19.2. The molecule has 1 atom stereocenters. The van der Waals surface area contributed by atoms with Crippen molar-refractivity contribution < 1.29 is 18.7 Å². The Morgan fingerprint density at radius 2 is 2.14 bits per heavy atom. The molecule has 1 aliphatic heterocycles. The molecule has 4 nitrogen and oxygen atoms in total. The highest BCUT2D eigenvalue weighted by Gasteiger charge is 2.24. The number of carboxylic acid groups (broad SMARTS) is 1. The molecule has 0 saturated carbocycles. The Morgan fingerprint density at radius 1 is 1.43 bits per heavy atom. The van der Waals surface area contributed by atoms with Crippen LogP contribution in [0.5, 0.6) is 0 Å². The molecule has 1 aromatic rings. The van der Waals surface area contributed by atoms with E-state index < -0.39 is 23.2 Å². The van der Waals surface area contributed by atoms with Crippen molar-refractivity contribution in [3.63, 3.8) is 0 Å². The Bertz CT molecular complexity index is 535. The molecule has 6 heteroatoms. The molecule has 1 unspecified atom stereocenters. The Hall–Kier alpha value is -1.69. The summed E-state index contributed by atoms with van der Waals surface area (Å²) in [6, 6.07) is 2.84. The Morgan fingerprint density at radius 3 is 2.71 bits per heavy atom. The molecule has 0 spiro atoms. The number of nitrogens with zero attached hydrogens (tertiary/aromatic N) is 1. The van der Waals surface area contributed by atoms with Crippen molar-refractivity contribution in [2.75, 3.05) is 25.0 Å². The maximum atomic E-state index is 13.8. The first-order valence-corrected chi connectivity index (χ1v) is 7.09. The van der Waals surface area contributed by atoms with Gasteiger partial charge in [-0.15, -0.1) is 0 Å². The van der Waals surface area contributed by atoms with Crippen LogP contribution in [0.1, 0.15) is 30.6 Å². The summed E-state index contributed by atoms with van der Waals surface area (Å²) in [6.45, 7) is 6.76. The molecule has 1 aromatic carbocycles. The smallest absolute Gasteiger partial charge is 0.338 e. The molecule has 0 aliphatic carbocycles. The van der Waals surface area contributed by atoms with Gasteiger partial charge in [0.2, 0.25) is 0 Å². The minimum atomic E-state index is -1.47. The van der Waals surface area contributed by atoms with E-state index >= 15 is 0 Å². The average Bonchev–Trinajstić information content (AvgIpc) is 2.89. The van der Waals surface area contributed by atoms with E-state index in [1.54, 1.807) is 0 Å². The van der Waals surface area contributed by atoms with Gasteiger partial charge in [-0.25, -0.2) is 13.6 Å². The Balaban J connectivity index is 1.98. The zero-order valence-electron chi connectivity index (χ0n) is 12.2. The number of halogens is 2. The molecule has 0 amide bonds. The molecule has 21 heavy (non-hydrogen) atoms. The van der Waals surface area contributed by atoms with Crippen molar-refractivity contribution in [1.82, 2.24) is 4.90 Å². The summed E-state index contributed by atoms with van der Waals surface area (Å²) < 4.78 is 27.4. The van der Waals surface area contributed by atoms with Crippen molar-refractivity contribution in [2.45, 2.75) is 26.3 Å². The molecule has 0 bridgehead atoms. The van der Waals surface area contributed by atoms with Crippen molar-refractivity contribution >= 4 is 11.7 Å². The number of anilines is 1. The second kappa shape index (κ2) is 6.39. The molecular formula is C15H20F2N2O2. The van der Waals surface area contributed by atoms with Crippen LogP contribution in [-0.2, 0) is 0 Å². The zero-order valence-corrected chi connectivity index (χ0v) is 12.2. The number of aromatic carboxylic acids is 1. The molecular weight excluding hydrogens is 278 g/mol. The number of nitrogens with one attached hydrogen (secondary N) is 1. The second-order valence-corrected chi connectivity index (χ2v) is 5.72. The van der Waals surface area contributed by atoms with Crippen LogP contribution in [-0.4, -0.2) is 41.7 Å². The number of hydrogen-bond acceptors (Lipinski definition) is 3. The van der Waals surface area contributed by atoms with Gasteiger partial charge >= 0.3 is 5.97 Å². The first-order valence-electron chi connectivity index (χ1n) is 7.09. The maximum Gasteiger partial charge on any atom is 0.338 e. The van der Waals surface area contributed by atoms with Gasteiger partial charge in [-0.3, -0.25) is 0 Å². The average molecular weight is 298 g/mol. The number of hydrogen-bond donors (Lipinski definition) is 2. The number of benzene rings is 1. The molecule has 1 saturated heterocycles. The molecule has 1 fully saturated rings. The fourth-order valence-electron chi connectivity index (χ4n) is 2.60. The highest BCUT2D eigenvalue weighted by Crippen LogP contribution is 2.23. The fourth-order valence-corrected chi connectivity index (χ4v) is 2.60. The van der Waals surface area contributed by atoms with Crippen LogP contribution in [0.3, 0.4) is 0 Å². The van der Waals surface area contributed by atoms with Crippen molar-refractivity contribution in [3.05, 3.63) is 29.3 Å². The summed E-state index contributed by atoms with van der Waals surface area (Å²) in [5.74, 6) is -3.54. The molecule has 116 valence electrons. The third-order valence-electron chi connectivity index (χ3n) is 3.94. The van der Waals surface area contributed by atoms with Gasteiger partial charge in [-0.2, -0.15) is 0 Å². The van der Waals surface area contributed by atoms with Gasteiger partial charge in [0, 0.05) is 19.1 Å². The summed E-state index contributed by atoms with van der Waals surface area (Å²) in [7, 11) is 0. The van der Waals surface area contributed by atoms with Gasteiger partial charge < -0.3 is 15.3 Å². The predicted molar refractivity (Wildman–Crippen MR) is 76.6 cm³/mol. The van der Waals surface area contributed by atoms with E-state index in [4.69, 9.17) is 5.11 Å². The largest absolute Gasteiger partial charge is 0.478 e. The van der Waals surface area contributed by atoms with Crippen molar-refractivity contribution in [2.24, 2.45) is 5.92 Å². The lowest BCUT2D eigenvalue weighted by atomic mass is 10.1. The van der Waals surface area contributed by atoms with E-state index in [0.717, 1.165) is 25.6 Å². The maximum absolute atomic E-state index is 13.8. The predicted octanol–water partition coefficient (Wildman–Crippen LogP) is 2.81. The third kappa shape index (κ3) is 3.50. The standard InChI is InChI=1S/C15H20F2N2O2/c1-9(2)19-6-5-10(8-19)7-18-12-4-3-11(15(20)21)13(16)14(12)17/h3-4,9-10,18H,5-8H2,1-2H3,(H,20,21). The van der Waals surface area contributed by atoms with Crippen LogP contribution < -0.4 is 5.32 Å². The van der Waals surface area contributed by atoms with Gasteiger partial charge in [-0.05, 0) is 44.9 Å². The third-order valence-corrected chi connectivity index (χ3v) is 3.94. The van der Waals surface area contributed by atoms with Gasteiger partial charge in [0.25, 0.3) is 0 Å². The Kier molecular flexibility index (Phi) is 4.77. The Labute approximate surface area is 122 Å². The topological polar surface area (TPSA) is 52.6 Å². The minimum absolute atomic E-state index is 0.0143. The first-order chi connectivity index (χ1) is 9.90. The van der Waals surface area contributed by atoms with Crippen LogP contribution in [0.4, 0.5) is 14.5 Å². The van der Waals surface area contributed by atoms with Crippen LogP contribution in [0.15, 0.2) is 12.1 Å². The molecule has 2 N–H and O–H groups in total. The van der Waals surface area contributed by atoms with E-state index in [0.29, 0.717) is 18.5 Å². The summed E-state index contributed by atoms with van der Waals surface area (Å²) in [4.78, 5) is 13.1. The first kappa shape index (κ1) is 15.7. The van der Waals surface area contributed by atoms with Crippen molar-refractivity contribution in [1.29, 1.82) is 0 Å². The fraction of sp³-hybridized carbons (Fsp3) is 0.533. The van der Waals surface area contributed by atoms with Gasteiger partial charge in [0.1, 0.15) is 0 Å². The molecule has 0 radical (unpaired) electrons. The quantitative estimate of drug-likeness (QED) is 0.877. The highest BCUT2D eigenvalue weighted by molar-refractivity contribution is 5.88. The van der Waals surface area contributed by atoms with Gasteiger partial charge in [-0.1, -0.05) is 0 Å². The van der Waals surface area contributed by atoms with E-state index in [-0.39, 0.29) is 5.69 Å². The lowest BCUT2D eigenvalue weighted by molar-refractivity contribution is 0.0690.